The summed E-state index contributed by atoms with van der Waals surface area (Å²) in [7, 11) is 0. The first-order valence-corrected chi connectivity index (χ1v) is 9.84. The van der Waals surface area contributed by atoms with Crippen LogP contribution in [0.4, 0.5) is 0 Å². The molecule has 2 fully saturated rings. The summed E-state index contributed by atoms with van der Waals surface area (Å²) in [6.07, 6.45) is 2.92. The number of likely N-dealkylation sites (tertiary alicyclic amines) is 2. The fourth-order valence-corrected chi connectivity index (χ4v) is 4.48. The molecule has 2 heterocycles. The minimum Gasteiger partial charge on any atom is -0.370 e. The van der Waals surface area contributed by atoms with Gasteiger partial charge in [-0.05, 0) is 37.2 Å². The normalized spacial score (nSPS) is 22.1. The molecule has 0 aromatic heterocycles. The van der Waals surface area contributed by atoms with E-state index in [-0.39, 0.29) is 36.0 Å². The number of likely N-dealkylation sites (N-methyl/N-ethyl adjacent to an activating group) is 1. The highest BCUT2D eigenvalue weighted by Gasteiger charge is 2.46. The van der Waals surface area contributed by atoms with Crippen molar-refractivity contribution in [2.45, 2.75) is 44.9 Å². The van der Waals surface area contributed by atoms with Crippen molar-refractivity contribution in [3.8, 4) is 0 Å². The zero-order valence-corrected chi connectivity index (χ0v) is 16.0. The van der Waals surface area contributed by atoms with E-state index in [2.05, 4.69) is 0 Å². The number of rotatable bonds is 5. The lowest BCUT2D eigenvalue weighted by Gasteiger charge is -2.49. The minimum atomic E-state index is -0.438. The number of nitrogens with zero attached hydrogens (tertiary/aromatic N) is 2. The molecule has 146 valence electrons. The summed E-state index contributed by atoms with van der Waals surface area (Å²) in [6, 6.07) is 10.0. The molecule has 1 atom stereocenters. The van der Waals surface area contributed by atoms with Crippen LogP contribution < -0.4 is 5.73 Å². The standard InChI is InChI=1S/C21H29N3O3/c1-2-23-15-21(14-17(20(23)27)16-6-4-3-5-7-16)10-12-24(13-11-21)19(26)9-8-18(22)25/h3-7,17H,2,8-15H2,1H3,(H2,22,25)/t17-/m0/s1. The Morgan fingerprint density at radius 3 is 2.41 bits per heavy atom. The maximum atomic E-state index is 12.9. The summed E-state index contributed by atoms with van der Waals surface area (Å²) < 4.78 is 0. The molecule has 2 saturated heterocycles. The van der Waals surface area contributed by atoms with Gasteiger partial charge in [0.15, 0.2) is 0 Å². The van der Waals surface area contributed by atoms with Crippen LogP contribution in [0.25, 0.3) is 0 Å². The van der Waals surface area contributed by atoms with Crippen LogP contribution >= 0.6 is 0 Å². The van der Waals surface area contributed by atoms with Gasteiger partial charge in [0.25, 0.3) is 0 Å². The van der Waals surface area contributed by atoms with Crippen molar-refractivity contribution in [2.24, 2.45) is 11.1 Å². The second-order valence-electron chi connectivity index (χ2n) is 7.87. The van der Waals surface area contributed by atoms with Crippen molar-refractivity contribution in [3.05, 3.63) is 35.9 Å². The highest BCUT2D eigenvalue weighted by molar-refractivity contribution is 5.85. The number of carbonyl (C=O) groups is 3. The molecule has 0 aliphatic carbocycles. The van der Waals surface area contributed by atoms with Gasteiger partial charge in [0.1, 0.15) is 0 Å². The van der Waals surface area contributed by atoms with Crippen molar-refractivity contribution in [1.82, 2.24) is 9.80 Å². The first kappa shape index (κ1) is 19.4. The Morgan fingerprint density at radius 1 is 1.15 bits per heavy atom. The maximum absolute atomic E-state index is 12.9. The summed E-state index contributed by atoms with van der Waals surface area (Å²) >= 11 is 0. The average molecular weight is 371 g/mol. The Morgan fingerprint density at radius 2 is 1.81 bits per heavy atom. The van der Waals surface area contributed by atoms with Gasteiger partial charge < -0.3 is 15.5 Å². The largest absolute Gasteiger partial charge is 0.370 e. The predicted octanol–water partition coefficient (Wildman–Crippen LogP) is 1.90. The highest BCUT2D eigenvalue weighted by atomic mass is 16.2. The molecule has 6 nitrogen and oxygen atoms in total. The predicted molar refractivity (Wildman–Crippen MR) is 103 cm³/mol. The molecule has 27 heavy (non-hydrogen) atoms. The molecule has 3 rings (SSSR count). The van der Waals surface area contributed by atoms with E-state index in [9.17, 15) is 14.4 Å². The Balaban J connectivity index is 1.70. The number of benzene rings is 1. The summed E-state index contributed by atoms with van der Waals surface area (Å²) in [5.41, 5.74) is 6.29. The summed E-state index contributed by atoms with van der Waals surface area (Å²) in [4.78, 5) is 39.9. The molecule has 2 aliphatic rings. The molecule has 0 saturated carbocycles. The molecule has 6 heteroatoms. The summed E-state index contributed by atoms with van der Waals surface area (Å²) in [5, 5.41) is 0. The average Bonchev–Trinajstić information content (AvgIpc) is 2.69. The Hall–Kier alpha value is -2.37. The van der Waals surface area contributed by atoms with E-state index in [1.165, 1.54) is 0 Å². The van der Waals surface area contributed by atoms with E-state index in [1.54, 1.807) is 0 Å². The van der Waals surface area contributed by atoms with Crippen LogP contribution in [0.1, 0.15) is 50.5 Å². The first-order valence-electron chi connectivity index (χ1n) is 9.84. The number of nitrogens with two attached hydrogens (primary N) is 1. The first-order chi connectivity index (χ1) is 12.9. The molecule has 1 spiro atoms. The van der Waals surface area contributed by atoms with Gasteiger partial charge in [-0.25, -0.2) is 0 Å². The topological polar surface area (TPSA) is 83.7 Å². The molecule has 1 aromatic rings. The number of piperidine rings is 2. The van der Waals surface area contributed by atoms with Crippen LogP contribution in [0, 0.1) is 5.41 Å². The molecule has 0 unspecified atom stereocenters. The van der Waals surface area contributed by atoms with E-state index in [0.29, 0.717) is 19.6 Å². The van der Waals surface area contributed by atoms with Crippen LogP contribution in [0.3, 0.4) is 0 Å². The summed E-state index contributed by atoms with van der Waals surface area (Å²) in [6.45, 7) is 4.89. The molecule has 0 bridgehead atoms. The number of hydrogen-bond donors (Lipinski definition) is 1. The third-order valence-electron chi connectivity index (χ3n) is 6.12. The highest BCUT2D eigenvalue weighted by Crippen LogP contribution is 2.45. The van der Waals surface area contributed by atoms with E-state index >= 15 is 0 Å². The van der Waals surface area contributed by atoms with Gasteiger partial charge in [-0.3, -0.25) is 14.4 Å². The SMILES string of the molecule is CCN1CC2(CCN(C(=O)CCC(N)=O)CC2)C[C@@H](c2ccccc2)C1=O. The van der Waals surface area contributed by atoms with E-state index in [1.807, 2.05) is 47.1 Å². The lowest BCUT2D eigenvalue weighted by atomic mass is 9.67. The van der Waals surface area contributed by atoms with Crippen LogP contribution in [-0.4, -0.2) is 53.7 Å². The Kier molecular flexibility index (Phi) is 5.82. The summed E-state index contributed by atoms with van der Waals surface area (Å²) in [5.74, 6) is -0.319. The molecular formula is C21H29N3O3. The van der Waals surface area contributed by atoms with E-state index in [0.717, 1.165) is 31.4 Å². The number of amides is 3. The lowest BCUT2D eigenvalue weighted by Crippen LogP contribution is -2.54. The molecule has 2 N–H and O–H groups in total. The van der Waals surface area contributed by atoms with Gasteiger partial charge in [0.2, 0.25) is 17.7 Å². The van der Waals surface area contributed by atoms with Crippen LogP contribution in [-0.2, 0) is 14.4 Å². The van der Waals surface area contributed by atoms with Crippen LogP contribution in [0.5, 0.6) is 0 Å². The van der Waals surface area contributed by atoms with Crippen molar-refractivity contribution >= 4 is 17.7 Å². The molecule has 2 aliphatic heterocycles. The zero-order valence-electron chi connectivity index (χ0n) is 16.0. The third-order valence-corrected chi connectivity index (χ3v) is 6.12. The van der Waals surface area contributed by atoms with Gasteiger partial charge in [0.05, 0.1) is 5.92 Å². The number of hydrogen-bond acceptors (Lipinski definition) is 3. The molecule has 0 radical (unpaired) electrons. The molecule has 3 amide bonds. The van der Waals surface area contributed by atoms with E-state index in [4.69, 9.17) is 5.73 Å². The van der Waals surface area contributed by atoms with Gasteiger partial charge in [0, 0.05) is 39.0 Å². The number of carbonyl (C=O) groups excluding carboxylic acids is 3. The van der Waals surface area contributed by atoms with Crippen molar-refractivity contribution in [2.75, 3.05) is 26.2 Å². The number of primary amides is 1. The minimum absolute atomic E-state index is 0.00231. The Labute approximate surface area is 160 Å². The fourth-order valence-electron chi connectivity index (χ4n) is 4.48. The van der Waals surface area contributed by atoms with Crippen molar-refractivity contribution in [1.29, 1.82) is 0 Å². The zero-order chi connectivity index (χ0) is 19.4. The Bertz CT molecular complexity index is 696. The third kappa shape index (κ3) is 4.31. The molecular weight excluding hydrogens is 342 g/mol. The van der Waals surface area contributed by atoms with Gasteiger partial charge >= 0.3 is 0 Å². The van der Waals surface area contributed by atoms with E-state index < -0.39 is 5.91 Å². The fraction of sp³-hybridized carbons (Fsp3) is 0.571. The van der Waals surface area contributed by atoms with Crippen LogP contribution in [0.15, 0.2) is 30.3 Å². The second-order valence-corrected chi connectivity index (χ2v) is 7.87. The van der Waals surface area contributed by atoms with Gasteiger partial charge in [-0.2, -0.15) is 0 Å². The van der Waals surface area contributed by atoms with Crippen molar-refractivity contribution < 1.29 is 14.4 Å². The second kappa shape index (κ2) is 8.11. The van der Waals surface area contributed by atoms with Crippen LogP contribution in [0.2, 0.25) is 0 Å². The van der Waals surface area contributed by atoms with Crippen molar-refractivity contribution in [3.63, 3.8) is 0 Å². The maximum Gasteiger partial charge on any atom is 0.230 e. The monoisotopic (exact) mass is 371 g/mol. The lowest BCUT2D eigenvalue weighted by molar-refractivity contribution is -0.144. The molecule has 1 aromatic carbocycles. The van der Waals surface area contributed by atoms with Gasteiger partial charge in [-0.15, -0.1) is 0 Å². The van der Waals surface area contributed by atoms with Gasteiger partial charge in [-0.1, -0.05) is 30.3 Å². The smallest absolute Gasteiger partial charge is 0.230 e. The quantitative estimate of drug-likeness (QED) is 0.858.